The number of rotatable bonds is 6. The summed E-state index contributed by atoms with van der Waals surface area (Å²) < 4.78 is 14.5. The van der Waals surface area contributed by atoms with E-state index in [-0.39, 0.29) is 30.4 Å². The number of nitrogens with zero attached hydrogens (tertiary/aromatic N) is 6. The zero-order chi connectivity index (χ0) is 15.9. The lowest BCUT2D eigenvalue weighted by atomic mass is 10.2. The summed E-state index contributed by atoms with van der Waals surface area (Å²) in [5, 5.41) is 20.2. The predicted octanol–water partition coefficient (Wildman–Crippen LogP) is 1.39. The average molecular weight is 320 g/mol. The molecule has 0 unspecified atom stereocenters. The van der Waals surface area contributed by atoms with E-state index < -0.39 is 0 Å². The van der Waals surface area contributed by atoms with Crippen molar-refractivity contribution >= 4 is 23.4 Å². The van der Waals surface area contributed by atoms with Gasteiger partial charge < -0.3 is 4.90 Å². The van der Waals surface area contributed by atoms with E-state index in [1.807, 2.05) is 6.07 Å². The maximum absolute atomic E-state index is 13.0. The Morgan fingerprint density at radius 3 is 2.77 bits per heavy atom. The normalized spacial score (nSPS) is 10.2. The third-order valence-corrected chi connectivity index (χ3v) is 3.79. The lowest BCUT2D eigenvalue weighted by Crippen LogP contribution is -2.33. The summed E-state index contributed by atoms with van der Waals surface area (Å²) in [6.07, 6.45) is 0.194. The summed E-state index contributed by atoms with van der Waals surface area (Å²) in [6.45, 7) is 0.249. The lowest BCUT2D eigenvalue weighted by molar-refractivity contribution is -0.116. The van der Waals surface area contributed by atoms with E-state index in [1.54, 1.807) is 7.05 Å². The summed E-state index contributed by atoms with van der Waals surface area (Å²) in [5.74, 6) is -0.456. The Morgan fingerprint density at radius 2 is 2.18 bits per heavy atom. The zero-order valence-corrected chi connectivity index (χ0v) is 12.6. The Balaban J connectivity index is 2.07. The van der Waals surface area contributed by atoms with E-state index in [4.69, 9.17) is 5.26 Å². The monoisotopic (exact) mass is 320 g/mol. The highest BCUT2D eigenvalue weighted by molar-refractivity contribution is 7.99. The number of hydrogen-bond acceptors (Lipinski definition) is 6. The molecule has 0 atom stereocenters. The molecular weight excluding hydrogens is 307 g/mol. The first-order valence-electron chi connectivity index (χ1n) is 6.40. The Morgan fingerprint density at radius 1 is 1.45 bits per heavy atom. The summed E-state index contributed by atoms with van der Waals surface area (Å²) >= 11 is 1.20. The van der Waals surface area contributed by atoms with Crippen LogP contribution in [0.15, 0.2) is 29.4 Å². The van der Waals surface area contributed by atoms with Crippen LogP contribution in [-0.2, 0) is 11.8 Å². The molecule has 0 spiro atoms. The van der Waals surface area contributed by atoms with Crippen molar-refractivity contribution in [1.82, 2.24) is 20.2 Å². The Labute approximate surface area is 130 Å². The first kappa shape index (κ1) is 15.9. The third-order valence-electron chi connectivity index (χ3n) is 2.79. The van der Waals surface area contributed by atoms with Crippen molar-refractivity contribution < 1.29 is 9.18 Å². The highest BCUT2D eigenvalue weighted by atomic mass is 32.2. The number of thioether (sulfide) groups is 1. The number of aryl methyl sites for hydroxylation is 1. The van der Waals surface area contributed by atoms with E-state index in [9.17, 15) is 9.18 Å². The summed E-state index contributed by atoms with van der Waals surface area (Å²) in [6, 6.07) is 7.59. The van der Waals surface area contributed by atoms with Crippen LogP contribution in [0.25, 0.3) is 0 Å². The molecule has 22 heavy (non-hydrogen) atoms. The lowest BCUT2D eigenvalue weighted by Gasteiger charge is -2.21. The smallest absolute Gasteiger partial charge is 0.237 e. The van der Waals surface area contributed by atoms with Crippen LogP contribution in [-0.4, -0.2) is 38.4 Å². The van der Waals surface area contributed by atoms with Crippen molar-refractivity contribution in [1.29, 1.82) is 5.26 Å². The second-order valence-corrected chi connectivity index (χ2v) is 5.25. The van der Waals surface area contributed by atoms with E-state index >= 15 is 0 Å². The van der Waals surface area contributed by atoms with E-state index in [0.717, 1.165) is 0 Å². The molecule has 0 fully saturated rings. The van der Waals surface area contributed by atoms with Gasteiger partial charge in [-0.2, -0.15) is 5.26 Å². The molecule has 0 N–H and O–H groups in total. The number of hydrogen-bond donors (Lipinski definition) is 0. The van der Waals surface area contributed by atoms with Gasteiger partial charge in [-0.05, 0) is 34.7 Å². The second kappa shape index (κ2) is 7.51. The second-order valence-electron chi connectivity index (χ2n) is 4.30. The summed E-state index contributed by atoms with van der Waals surface area (Å²) in [7, 11) is 1.68. The molecule has 114 valence electrons. The van der Waals surface area contributed by atoms with Gasteiger partial charge in [-0.1, -0.05) is 11.8 Å². The van der Waals surface area contributed by atoms with Gasteiger partial charge in [0.2, 0.25) is 11.1 Å². The molecule has 1 aromatic heterocycles. The summed E-state index contributed by atoms with van der Waals surface area (Å²) in [5.41, 5.74) is 0.554. The molecule has 2 aromatic rings. The van der Waals surface area contributed by atoms with Crippen LogP contribution in [0.4, 0.5) is 10.1 Å². The predicted molar refractivity (Wildman–Crippen MR) is 78.5 cm³/mol. The van der Waals surface area contributed by atoms with Crippen LogP contribution in [0, 0.1) is 17.1 Å². The average Bonchev–Trinajstić information content (AvgIpc) is 2.92. The Hall–Kier alpha value is -2.47. The molecule has 1 amide bonds. The standard InChI is InChI=1S/C13H13FN6OS/c1-19-13(16-17-18-19)22-9-12(21)20(8-2-7-15)11-5-3-10(14)4-6-11/h3-6H,2,8-9H2,1H3. The minimum atomic E-state index is -0.379. The van der Waals surface area contributed by atoms with Crippen molar-refractivity contribution in [3.63, 3.8) is 0 Å². The van der Waals surface area contributed by atoms with Gasteiger partial charge in [0.05, 0.1) is 18.2 Å². The topological polar surface area (TPSA) is 87.7 Å². The number of amides is 1. The Kier molecular flexibility index (Phi) is 5.43. The molecule has 0 aliphatic rings. The van der Waals surface area contributed by atoms with Gasteiger partial charge in [-0.25, -0.2) is 9.07 Å². The highest BCUT2D eigenvalue weighted by Crippen LogP contribution is 2.19. The van der Waals surface area contributed by atoms with Gasteiger partial charge in [-0.15, -0.1) is 5.10 Å². The van der Waals surface area contributed by atoms with Crippen LogP contribution in [0.5, 0.6) is 0 Å². The summed E-state index contributed by atoms with van der Waals surface area (Å²) in [4.78, 5) is 13.8. The van der Waals surface area contributed by atoms with Crippen molar-refractivity contribution in [2.75, 3.05) is 17.2 Å². The minimum Gasteiger partial charge on any atom is -0.311 e. The fourth-order valence-corrected chi connectivity index (χ4v) is 2.45. The molecule has 0 saturated carbocycles. The third kappa shape index (κ3) is 4.02. The van der Waals surface area contributed by atoms with E-state index in [2.05, 4.69) is 15.5 Å². The minimum absolute atomic E-state index is 0.122. The Bertz CT molecular complexity index is 681. The number of benzene rings is 1. The molecule has 0 saturated heterocycles. The van der Waals surface area contributed by atoms with Crippen LogP contribution >= 0.6 is 11.8 Å². The maximum Gasteiger partial charge on any atom is 0.237 e. The van der Waals surface area contributed by atoms with Crippen molar-refractivity contribution in [3.05, 3.63) is 30.1 Å². The van der Waals surface area contributed by atoms with Gasteiger partial charge in [-0.3, -0.25) is 4.79 Å². The van der Waals surface area contributed by atoms with Crippen LogP contribution in [0.2, 0.25) is 0 Å². The quantitative estimate of drug-likeness (QED) is 0.747. The molecule has 1 aromatic carbocycles. The first-order valence-corrected chi connectivity index (χ1v) is 7.38. The molecule has 0 aliphatic carbocycles. The molecule has 0 radical (unpaired) electrons. The fraction of sp³-hybridized carbons (Fsp3) is 0.308. The van der Waals surface area contributed by atoms with Crippen LogP contribution in [0.3, 0.4) is 0 Å². The molecule has 7 nitrogen and oxygen atoms in total. The number of halogens is 1. The molecular formula is C13H13FN6OS. The number of carbonyl (C=O) groups excluding carboxylic acids is 1. The van der Waals surface area contributed by atoms with Crippen LogP contribution < -0.4 is 4.90 Å². The largest absolute Gasteiger partial charge is 0.311 e. The zero-order valence-electron chi connectivity index (χ0n) is 11.8. The highest BCUT2D eigenvalue weighted by Gasteiger charge is 2.17. The number of tetrazole rings is 1. The number of carbonyl (C=O) groups is 1. The van der Waals surface area contributed by atoms with Crippen LogP contribution in [0.1, 0.15) is 6.42 Å². The van der Waals surface area contributed by atoms with Crippen molar-refractivity contribution in [3.8, 4) is 6.07 Å². The van der Waals surface area contributed by atoms with Gasteiger partial charge in [0.15, 0.2) is 0 Å². The van der Waals surface area contributed by atoms with Gasteiger partial charge >= 0.3 is 0 Å². The maximum atomic E-state index is 13.0. The first-order chi connectivity index (χ1) is 10.6. The molecule has 1 heterocycles. The molecule has 0 bridgehead atoms. The number of aromatic nitrogens is 4. The number of anilines is 1. The van der Waals surface area contributed by atoms with Gasteiger partial charge in [0, 0.05) is 19.3 Å². The molecule has 2 rings (SSSR count). The van der Waals surface area contributed by atoms with Crippen molar-refractivity contribution in [2.24, 2.45) is 7.05 Å². The van der Waals surface area contributed by atoms with Crippen molar-refractivity contribution in [2.45, 2.75) is 11.6 Å². The number of nitriles is 1. The van der Waals surface area contributed by atoms with E-state index in [0.29, 0.717) is 10.8 Å². The molecule has 9 heteroatoms. The van der Waals surface area contributed by atoms with E-state index in [1.165, 1.54) is 45.6 Å². The van der Waals surface area contributed by atoms with Gasteiger partial charge in [0.1, 0.15) is 5.82 Å². The van der Waals surface area contributed by atoms with Gasteiger partial charge in [0.25, 0.3) is 0 Å². The molecule has 0 aliphatic heterocycles. The fourth-order valence-electron chi connectivity index (χ4n) is 1.73. The SMILES string of the molecule is Cn1nnnc1SCC(=O)N(CCC#N)c1ccc(F)cc1.